The van der Waals surface area contributed by atoms with Crippen molar-refractivity contribution in [3.63, 3.8) is 0 Å². The van der Waals surface area contributed by atoms with Crippen molar-refractivity contribution >= 4 is 22.0 Å². The molecule has 0 fully saturated rings. The average molecular weight is 255 g/mol. The van der Waals surface area contributed by atoms with E-state index < -0.39 is 0 Å². The SMILES string of the molecule is CC(Br)/C=C/c1ccc2c(c1)OCO2. The summed E-state index contributed by atoms with van der Waals surface area (Å²) in [5.41, 5.74) is 1.13. The lowest BCUT2D eigenvalue weighted by atomic mass is 10.2. The largest absolute Gasteiger partial charge is 0.454 e. The number of fused-ring (bicyclic) bond motifs is 1. The van der Waals surface area contributed by atoms with Crippen molar-refractivity contribution in [1.82, 2.24) is 0 Å². The predicted octanol–water partition coefficient (Wildman–Crippen LogP) is 3.21. The summed E-state index contributed by atoms with van der Waals surface area (Å²) in [5, 5.41) is 0. The zero-order valence-electron chi connectivity index (χ0n) is 7.87. The normalized spacial score (nSPS) is 16.1. The van der Waals surface area contributed by atoms with Crippen molar-refractivity contribution in [2.45, 2.75) is 11.8 Å². The van der Waals surface area contributed by atoms with E-state index in [1.165, 1.54) is 0 Å². The number of alkyl halides is 1. The van der Waals surface area contributed by atoms with Gasteiger partial charge in [-0.05, 0) is 24.6 Å². The Hall–Kier alpha value is -0.960. The van der Waals surface area contributed by atoms with E-state index in [0.29, 0.717) is 11.6 Å². The fraction of sp³-hybridized carbons (Fsp3) is 0.273. The van der Waals surface area contributed by atoms with Crippen molar-refractivity contribution in [2.75, 3.05) is 6.79 Å². The van der Waals surface area contributed by atoms with Gasteiger partial charge in [-0.25, -0.2) is 0 Å². The Morgan fingerprint density at radius 2 is 2.14 bits per heavy atom. The number of halogens is 1. The summed E-state index contributed by atoms with van der Waals surface area (Å²) in [6.07, 6.45) is 4.14. The Morgan fingerprint density at radius 3 is 2.93 bits per heavy atom. The van der Waals surface area contributed by atoms with Gasteiger partial charge in [-0.15, -0.1) is 0 Å². The van der Waals surface area contributed by atoms with Crippen LogP contribution in [0.3, 0.4) is 0 Å². The average Bonchev–Trinajstić information content (AvgIpc) is 2.61. The third-order valence-corrected chi connectivity index (χ3v) is 2.26. The maximum atomic E-state index is 5.28. The fourth-order valence-electron chi connectivity index (χ4n) is 1.26. The second-order valence-electron chi connectivity index (χ2n) is 3.15. The Balaban J connectivity index is 2.20. The molecule has 14 heavy (non-hydrogen) atoms. The van der Waals surface area contributed by atoms with E-state index in [0.717, 1.165) is 17.1 Å². The monoisotopic (exact) mass is 254 g/mol. The quantitative estimate of drug-likeness (QED) is 0.755. The Kier molecular flexibility index (Phi) is 2.77. The molecule has 1 aliphatic heterocycles. The molecule has 1 heterocycles. The van der Waals surface area contributed by atoms with Crippen LogP contribution in [-0.4, -0.2) is 11.6 Å². The van der Waals surface area contributed by atoms with Crippen molar-refractivity contribution in [1.29, 1.82) is 0 Å². The Bertz CT molecular complexity index is 358. The smallest absolute Gasteiger partial charge is 0.231 e. The molecule has 1 atom stereocenters. The lowest BCUT2D eigenvalue weighted by Gasteiger charge is -1.98. The second-order valence-corrected chi connectivity index (χ2v) is 4.59. The van der Waals surface area contributed by atoms with Crippen LogP contribution >= 0.6 is 15.9 Å². The highest BCUT2D eigenvalue weighted by atomic mass is 79.9. The van der Waals surface area contributed by atoms with E-state index in [1.54, 1.807) is 0 Å². The highest BCUT2D eigenvalue weighted by Gasteiger charge is 2.11. The number of allylic oxidation sites excluding steroid dienone is 1. The van der Waals surface area contributed by atoms with Crippen LogP contribution in [0.2, 0.25) is 0 Å². The summed E-state index contributed by atoms with van der Waals surface area (Å²) < 4.78 is 10.5. The lowest BCUT2D eigenvalue weighted by Crippen LogP contribution is -1.92. The van der Waals surface area contributed by atoms with Gasteiger partial charge in [0.2, 0.25) is 6.79 Å². The molecule has 0 saturated carbocycles. The Labute approximate surface area is 91.7 Å². The zero-order valence-corrected chi connectivity index (χ0v) is 9.45. The maximum Gasteiger partial charge on any atom is 0.231 e. The third kappa shape index (κ3) is 2.10. The molecule has 1 unspecified atom stereocenters. The van der Waals surface area contributed by atoms with Crippen LogP contribution in [-0.2, 0) is 0 Å². The van der Waals surface area contributed by atoms with Crippen LogP contribution in [0.25, 0.3) is 6.08 Å². The number of ether oxygens (including phenoxy) is 2. The van der Waals surface area contributed by atoms with Gasteiger partial charge in [0.1, 0.15) is 0 Å². The van der Waals surface area contributed by atoms with Crippen LogP contribution in [0.15, 0.2) is 24.3 Å². The van der Waals surface area contributed by atoms with Crippen molar-refractivity contribution in [3.8, 4) is 11.5 Å². The van der Waals surface area contributed by atoms with Gasteiger partial charge in [0.05, 0.1) is 0 Å². The lowest BCUT2D eigenvalue weighted by molar-refractivity contribution is 0.174. The molecule has 74 valence electrons. The van der Waals surface area contributed by atoms with E-state index in [1.807, 2.05) is 18.2 Å². The van der Waals surface area contributed by atoms with E-state index in [9.17, 15) is 0 Å². The van der Waals surface area contributed by atoms with E-state index in [4.69, 9.17) is 9.47 Å². The molecule has 0 N–H and O–H groups in total. The number of benzene rings is 1. The zero-order chi connectivity index (χ0) is 9.97. The van der Waals surface area contributed by atoms with Crippen LogP contribution in [0.5, 0.6) is 11.5 Å². The molecule has 0 radical (unpaired) electrons. The van der Waals surface area contributed by atoms with E-state index in [-0.39, 0.29) is 0 Å². The number of hydrogen-bond donors (Lipinski definition) is 0. The molecule has 2 rings (SSSR count). The van der Waals surface area contributed by atoms with Gasteiger partial charge in [0.15, 0.2) is 11.5 Å². The first-order valence-electron chi connectivity index (χ1n) is 4.47. The molecule has 0 spiro atoms. The van der Waals surface area contributed by atoms with Crippen LogP contribution in [0.4, 0.5) is 0 Å². The summed E-state index contributed by atoms with van der Waals surface area (Å²) in [4.78, 5) is 0.382. The number of hydrogen-bond acceptors (Lipinski definition) is 2. The molecule has 0 amide bonds. The van der Waals surface area contributed by atoms with Crippen LogP contribution in [0.1, 0.15) is 12.5 Å². The van der Waals surface area contributed by atoms with Gasteiger partial charge in [-0.3, -0.25) is 0 Å². The summed E-state index contributed by atoms with van der Waals surface area (Å²) in [6, 6.07) is 5.93. The molecule has 0 aromatic heterocycles. The van der Waals surface area contributed by atoms with Crippen molar-refractivity contribution in [3.05, 3.63) is 29.8 Å². The minimum absolute atomic E-state index is 0.331. The molecular weight excluding hydrogens is 244 g/mol. The fourth-order valence-corrected chi connectivity index (χ4v) is 1.41. The molecular formula is C11H11BrO2. The minimum Gasteiger partial charge on any atom is -0.454 e. The van der Waals surface area contributed by atoms with Gasteiger partial charge in [0, 0.05) is 4.83 Å². The Morgan fingerprint density at radius 1 is 1.36 bits per heavy atom. The molecule has 2 nitrogen and oxygen atoms in total. The summed E-state index contributed by atoms with van der Waals surface area (Å²) >= 11 is 3.45. The molecule has 1 aromatic carbocycles. The highest BCUT2D eigenvalue weighted by molar-refractivity contribution is 9.09. The molecule has 0 aliphatic carbocycles. The summed E-state index contributed by atoms with van der Waals surface area (Å²) in [5.74, 6) is 1.66. The number of rotatable bonds is 2. The van der Waals surface area contributed by atoms with E-state index in [2.05, 4.69) is 35.0 Å². The van der Waals surface area contributed by atoms with Gasteiger partial charge >= 0.3 is 0 Å². The van der Waals surface area contributed by atoms with Gasteiger partial charge in [-0.1, -0.05) is 34.1 Å². The third-order valence-electron chi connectivity index (χ3n) is 1.95. The molecule has 1 aromatic rings. The van der Waals surface area contributed by atoms with E-state index >= 15 is 0 Å². The first-order valence-corrected chi connectivity index (χ1v) is 5.39. The van der Waals surface area contributed by atoms with Crippen LogP contribution in [0, 0.1) is 0 Å². The summed E-state index contributed by atoms with van der Waals surface area (Å²) in [6.45, 7) is 2.40. The van der Waals surface area contributed by atoms with Gasteiger partial charge in [-0.2, -0.15) is 0 Å². The minimum atomic E-state index is 0.331. The van der Waals surface area contributed by atoms with Crippen LogP contribution < -0.4 is 9.47 Å². The van der Waals surface area contributed by atoms with Crippen molar-refractivity contribution in [2.24, 2.45) is 0 Å². The van der Waals surface area contributed by atoms with Crippen molar-refractivity contribution < 1.29 is 9.47 Å². The molecule has 1 aliphatic rings. The van der Waals surface area contributed by atoms with Gasteiger partial charge in [0.25, 0.3) is 0 Å². The summed E-state index contributed by atoms with van der Waals surface area (Å²) in [7, 11) is 0. The first kappa shape index (κ1) is 9.59. The topological polar surface area (TPSA) is 18.5 Å². The first-order chi connectivity index (χ1) is 6.75. The predicted molar refractivity (Wildman–Crippen MR) is 60.0 cm³/mol. The second kappa shape index (κ2) is 4.05. The maximum absolute atomic E-state index is 5.28. The van der Waals surface area contributed by atoms with Gasteiger partial charge < -0.3 is 9.47 Å². The highest BCUT2D eigenvalue weighted by Crippen LogP contribution is 2.32. The molecule has 0 bridgehead atoms. The standard InChI is InChI=1S/C11H11BrO2/c1-8(12)2-3-9-4-5-10-11(6-9)14-7-13-10/h2-6,8H,7H2,1H3/b3-2+. The molecule has 3 heteroatoms. The molecule has 0 saturated heterocycles.